The fourth-order valence-electron chi connectivity index (χ4n) is 5.21. The van der Waals surface area contributed by atoms with Crippen LogP contribution in [0.25, 0.3) is 15.8 Å². The van der Waals surface area contributed by atoms with Crippen LogP contribution < -0.4 is 5.56 Å². The van der Waals surface area contributed by atoms with Gasteiger partial charge in [-0.2, -0.15) is 9.78 Å². The maximum atomic E-state index is 13.6. The van der Waals surface area contributed by atoms with Gasteiger partial charge in [0.05, 0.1) is 11.1 Å². The van der Waals surface area contributed by atoms with E-state index < -0.39 is 5.60 Å². The van der Waals surface area contributed by atoms with Crippen molar-refractivity contribution >= 4 is 32.8 Å². The van der Waals surface area contributed by atoms with Gasteiger partial charge >= 0.3 is 0 Å². The summed E-state index contributed by atoms with van der Waals surface area (Å²) in [4.78, 5) is 20.4. The molecular weight excluding hydrogens is 442 g/mol. The number of hydrogen-bond donors (Lipinski definition) is 1. The molecule has 34 heavy (non-hydrogen) atoms. The molecule has 4 aromatic rings. The molecular formula is C28H25N3O2S. The molecule has 2 aromatic carbocycles. The van der Waals surface area contributed by atoms with Crippen molar-refractivity contribution in [2.24, 2.45) is 5.10 Å². The first-order valence-electron chi connectivity index (χ1n) is 11.7. The third-order valence-corrected chi connectivity index (χ3v) is 8.07. The van der Waals surface area contributed by atoms with Gasteiger partial charge in [-0.15, -0.1) is 11.3 Å². The summed E-state index contributed by atoms with van der Waals surface area (Å²) in [6.45, 7) is 1.82. The van der Waals surface area contributed by atoms with E-state index in [1.54, 1.807) is 11.3 Å². The lowest BCUT2D eigenvalue weighted by molar-refractivity contribution is 0.113. The smallest absolute Gasteiger partial charge is 0.283 e. The molecule has 2 aromatic heterocycles. The third kappa shape index (κ3) is 3.37. The summed E-state index contributed by atoms with van der Waals surface area (Å²) in [7, 11) is 0. The minimum absolute atomic E-state index is 0.112. The molecule has 0 saturated heterocycles. The largest absolute Gasteiger partial charge is 0.380 e. The van der Waals surface area contributed by atoms with Crippen LogP contribution in [0.15, 0.2) is 76.6 Å². The van der Waals surface area contributed by atoms with Crippen molar-refractivity contribution in [1.29, 1.82) is 0 Å². The van der Waals surface area contributed by atoms with Gasteiger partial charge in [0, 0.05) is 11.3 Å². The van der Waals surface area contributed by atoms with Crippen molar-refractivity contribution in [3.05, 3.63) is 104 Å². The van der Waals surface area contributed by atoms with Crippen LogP contribution in [0.3, 0.4) is 0 Å². The first-order chi connectivity index (χ1) is 16.5. The van der Waals surface area contributed by atoms with Gasteiger partial charge in [0.2, 0.25) is 0 Å². The van der Waals surface area contributed by atoms with Crippen molar-refractivity contribution in [2.75, 3.05) is 0 Å². The van der Waals surface area contributed by atoms with Gasteiger partial charge in [0.15, 0.2) is 0 Å². The molecule has 1 atom stereocenters. The van der Waals surface area contributed by atoms with Crippen LogP contribution in [0, 0.1) is 6.92 Å². The first kappa shape index (κ1) is 21.2. The SMILES string of the molecule is Cc1nc2sc3c(c2c(=O)n1N=C1C=C(c2ccccc2)C(O)(c2ccccc2)C1)CCCC3. The van der Waals surface area contributed by atoms with Crippen molar-refractivity contribution in [3.8, 4) is 0 Å². The van der Waals surface area contributed by atoms with E-state index in [2.05, 4.69) is 0 Å². The van der Waals surface area contributed by atoms with Crippen molar-refractivity contribution in [3.63, 3.8) is 0 Å². The van der Waals surface area contributed by atoms with Gasteiger partial charge in [0.25, 0.3) is 5.56 Å². The zero-order valence-electron chi connectivity index (χ0n) is 19.0. The average molecular weight is 468 g/mol. The maximum absolute atomic E-state index is 13.6. The molecule has 1 N–H and O–H groups in total. The lowest BCUT2D eigenvalue weighted by atomic mass is 9.84. The van der Waals surface area contributed by atoms with Crippen molar-refractivity contribution in [2.45, 2.75) is 44.6 Å². The minimum Gasteiger partial charge on any atom is -0.380 e. The Kier molecular flexibility index (Phi) is 5.08. The van der Waals surface area contributed by atoms with Crippen LogP contribution >= 0.6 is 11.3 Å². The van der Waals surface area contributed by atoms with Gasteiger partial charge in [-0.1, -0.05) is 60.7 Å². The van der Waals surface area contributed by atoms with E-state index in [9.17, 15) is 9.90 Å². The summed E-state index contributed by atoms with van der Waals surface area (Å²) in [5.41, 5.74) is 3.00. The van der Waals surface area contributed by atoms with E-state index in [0.29, 0.717) is 11.5 Å². The van der Waals surface area contributed by atoms with Gasteiger partial charge < -0.3 is 5.11 Å². The summed E-state index contributed by atoms with van der Waals surface area (Å²) in [6.07, 6.45) is 6.43. The normalized spacial score (nSPS) is 21.1. The van der Waals surface area contributed by atoms with E-state index in [4.69, 9.17) is 10.1 Å². The zero-order chi connectivity index (χ0) is 23.3. The van der Waals surface area contributed by atoms with Gasteiger partial charge in [0.1, 0.15) is 16.3 Å². The van der Waals surface area contributed by atoms with E-state index in [-0.39, 0.29) is 12.0 Å². The zero-order valence-corrected chi connectivity index (χ0v) is 19.8. The standard InChI is InChI=1S/C28H25N3O2S/c1-18-29-26-25(22-14-8-9-15-24(22)34-26)27(32)31(18)30-21-16-23(19-10-4-2-5-11-19)28(33,17-21)20-12-6-3-7-13-20/h2-7,10-13,16,33H,8-9,14-15,17H2,1H3. The Hall–Kier alpha value is -3.35. The Balaban J connectivity index is 1.51. The van der Waals surface area contributed by atoms with Crippen LogP contribution in [0.4, 0.5) is 0 Å². The number of nitrogens with zero attached hydrogens (tertiary/aromatic N) is 3. The predicted molar refractivity (Wildman–Crippen MR) is 137 cm³/mol. The molecule has 170 valence electrons. The Morgan fingerprint density at radius 3 is 2.50 bits per heavy atom. The summed E-state index contributed by atoms with van der Waals surface area (Å²) < 4.78 is 1.43. The first-order valence-corrected chi connectivity index (χ1v) is 12.5. The van der Waals surface area contributed by atoms with E-state index in [1.807, 2.05) is 73.7 Å². The molecule has 2 aliphatic carbocycles. The van der Waals surface area contributed by atoms with Gasteiger partial charge in [-0.05, 0) is 60.9 Å². The number of aromatic nitrogens is 2. The molecule has 0 amide bonds. The second-order valence-electron chi connectivity index (χ2n) is 9.09. The van der Waals surface area contributed by atoms with Crippen LogP contribution in [0.1, 0.15) is 46.7 Å². The van der Waals surface area contributed by atoms with Crippen molar-refractivity contribution in [1.82, 2.24) is 9.66 Å². The molecule has 0 radical (unpaired) electrons. The Morgan fingerprint density at radius 2 is 1.74 bits per heavy atom. The number of allylic oxidation sites excluding steroid dienone is 1. The molecule has 2 heterocycles. The second kappa shape index (κ2) is 8.15. The summed E-state index contributed by atoms with van der Waals surface area (Å²) in [5.74, 6) is 0.563. The number of fused-ring (bicyclic) bond motifs is 3. The number of thiophene rings is 1. The van der Waals surface area contributed by atoms with Crippen molar-refractivity contribution < 1.29 is 5.11 Å². The second-order valence-corrected chi connectivity index (χ2v) is 10.2. The fraction of sp³-hybridized carbons (Fsp3) is 0.250. The monoisotopic (exact) mass is 467 g/mol. The highest BCUT2D eigenvalue weighted by Gasteiger charge is 2.40. The third-order valence-electron chi connectivity index (χ3n) is 6.89. The van der Waals surface area contributed by atoms with Crippen LogP contribution in [-0.4, -0.2) is 20.5 Å². The highest BCUT2D eigenvalue weighted by molar-refractivity contribution is 7.18. The van der Waals surface area contributed by atoms with Gasteiger partial charge in [-0.25, -0.2) is 4.98 Å². The Morgan fingerprint density at radius 1 is 1.03 bits per heavy atom. The summed E-state index contributed by atoms with van der Waals surface area (Å²) in [6, 6.07) is 19.5. The molecule has 1 unspecified atom stereocenters. The van der Waals surface area contributed by atoms with Crippen LogP contribution in [0.5, 0.6) is 0 Å². The Bertz CT molecular complexity index is 1520. The van der Waals surface area contributed by atoms with E-state index in [1.165, 1.54) is 16.0 Å². The highest BCUT2D eigenvalue weighted by Crippen LogP contribution is 2.44. The molecule has 0 spiro atoms. The topological polar surface area (TPSA) is 67.5 Å². The maximum Gasteiger partial charge on any atom is 0.283 e. The minimum atomic E-state index is -1.22. The van der Waals surface area contributed by atoms with Gasteiger partial charge in [-0.3, -0.25) is 4.79 Å². The predicted octanol–water partition coefficient (Wildman–Crippen LogP) is 5.22. The molecule has 0 aliphatic heterocycles. The lowest BCUT2D eigenvalue weighted by Crippen LogP contribution is -2.26. The number of benzene rings is 2. The molecule has 0 bridgehead atoms. The van der Waals surface area contributed by atoms with E-state index >= 15 is 0 Å². The molecule has 0 fully saturated rings. The highest BCUT2D eigenvalue weighted by atomic mass is 32.1. The van der Waals surface area contributed by atoms with Crippen LogP contribution in [0.2, 0.25) is 0 Å². The summed E-state index contributed by atoms with van der Waals surface area (Å²) in [5, 5.41) is 17.4. The molecule has 5 nitrogen and oxygen atoms in total. The summed E-state index contributed by atoms with van der Waals surface area (Å²) >= 11 is 1.65. The molecule has 6 rings (SSSR count). The van der Waals surface area contributed by atoms with Crippen LogP contribution in [-0.2, 0) is 18.4 Å². The number of rotatable bonds is 3. The fourth-order valence-corrected chi connectivity index (χ4v) is 6.51. The lowest BCUT2D eigenvalue weighted by Gasteiger charge is -2.27. The molecule has 6 heteroatoms. The Labute approximate surface area is 201 Å². The number of aryl methyl sites for hydroxylation is 3. The number of aliphatic hydroxyl groups is 1. The number of hydrogen-bond acceptors (Lipinski definition) is 5. The van der Waals surface area contributed by atoms with E-state index in [0.717, 1.165) is 51.7 Å². The average Bonchev–Trinajstić information content (AvgIpc) is 3.41. The quantitative estimate of drug-likeness (QED) is 0.449. The molecule has 2 aliphatic rings. The molecule has 0 saturated carbocycles.